The van der Waals surface area contributed by atoms with E-state index in [4.69, 9.17) is 0 Å². The van der Waals surface area contributed by atoms with E-state index in [1.165, 1.54) is 0 Å². The number of hydrogen-bond donors (Lipinski definition) is 0. The van der Waals surface area contributed by atoms with Crippen molar-refractivity contribution >= 4 is 51.5 Å². The molecule has 0 aliphatic carbocycles. The summed E-state index contributed by atoms with van der Waals surface area (Å²) < 4.78 is 0.992. The Bertz CT molecular complexity index is 170. The first-order valence-corrected chi connectivity index (χ1v) is 8.05. The molecule has 0 heterocycles. The SMILES string of the molecule is [Tl][CH]([Tl])c1ccccc1. The molecule has 0 aliphatic rings. The molecule has 0 nitrogen and oxygen atoms in total. The van der Waals surface area contributed by atoms with E-state index in [9.17, 15) is 0 Å². The van der Waals surface area contributed by atoms with Gasteiger partial charge in [-0.05, 0) is 0 Å². The van der Waals surface area contributed by atoms with Crippen LogP contribution in [0.2, 0.25) is 0 Å². The summed E-state index contributed by atoms with van der Waals surface area (Å²) in [7, 11) is 0. The summed E-state index contributed by atoms with van der Waals surface area (Å²) in [5, 5.41) is 0. The van der Waals surface area contributed by atoms with Gasteiger partial charge in [-0.15, -0.1) is 0 Å². The van der Waals surface area contributed by atoms with Crippen LogP contribution in [0.15, 0.2) is 30.3 Å². The van der Waals surface area contributed by atoms with Gasteiger partial charge in [-0.25, -0.2) is 0 Å². The first-order valence-electron chi connectivity index (χ1n) is 2.87. The molecule has 40 valence electrons. The van der Waals surface area contributed by atoms with Crippen molar-refractivity contribution in [3.63, 3.8) is 0 Å². The van der Waals surface area contributed by atoms with E-state index in [2.05, 4.69) is 30.3 Å². The van der Waals surface area contributed by atoms with E-state index >= 15 is 0 Å². The maximum atomic E-state index is 2.24. The second-order valence-corrected chi connectivity index (χ2v) is 19.2. The Labute approximate surface area is 87.4 Å². The molecular formula is C7H6Tl2. The molecule has 0 saturated carbocycles. The van der Waals surface area contributed by atoms with Crippen LogP contribution in [0.5, 0.6) is 0 Å². The predicted octanol–water partition coefficient (Wildman–Crippen LogP) is 1.02. The molecule has 0 fully saturated rings. The Morgan fingerprint density at radius 2 is 1.56 bits per heavy atom. The van der Waals surface area contributed by atoms with Gasteiger partial charge in [0.15, 0.2) is 0 Å². The van der Waals surface area contributed by atoms with Crippen LogP contribution >= 0.6 is 0 Å². The fourth-order valence-electron chi connectivity index (χ4n) is 0.675. The summed E-state index contributed by atoms with van der Waals surface area (Å²) >= 11 is 2.28. The monoisotopic (exact) mass is 500 g/mol. The Balaban J connectivity index is 2.85. The van der Waals surface area contributed by atoms with E-state index in [0.717, 1.165) is 52.6 Å². The van der Waals surface area contributed by atoms with Gasteiger partial charge in [-0.2, -0.15) is 0 Å². The van der Waals surface area contributed by atoms with Crippen LogP contribution in [0.3, 0.4) is 0 Å². The third-order valence-corrected chi connectivity index (χ3v) is 4.18. The standard InChI is InChI=1S/C7H6.2Tl/c1-7-5-3-2-4-6-7;;/h1-6H;;. The molecule has 0 bridgehead atoms. The molecule has 0 unspecified atom stereocenters. The van der Waals surface area contributed by atoms with Gasteiger partial charge in [0, 0.05) is 0 Å². The van der Waals surface area contributed by atoms with Crippen molar-refractivity contribution in [2.45, 2.75) is 1.04 Å². The molecule has 0 aromatic heterocycles. The average molecular weight is 499 g/mol. The zero-order valence-corrected chi connectivity index (χ0v) is 14.1. The van der Waals surface area contributed by atoms with Gasteiger partial charge in [0.2, 0.25) is 0 Å². The fourth-order valence-corrected chi connectivity index (χ4v) is 2.40. The van der Waals surface area contributed by atoms with Crippen LogP contribution in [0.25, 0.3) is 0 Å². The maximum absolute atomic E-state index is 2.24. The van der Waals surface area contributed by atoms with Gasteiger partial charge in [0.25, 0.3) is 0 Å². The van der Waals surface area contributed by atoms with Crippen LogP contribution < -0.4 is 0 Å². The minimum atomic E-state index is 0.992. The quantitative estimate of drug-likeness (QED) is 0.507. The molecule has 9 heavy (non-hydrogen) atoms. The first-order chi connectivity index (χ1) is 4.30. The Hall–Kier alpha value is 1.06. The molecule has 0 aliphatic heterocycles. The van der Waals surface area contributed by atoms with Gasteiger partial charge in [0.1, 0.15) is 0 Å². The van der Waals surface area contributed by atoms with Gasteiger partial charge in [0.05, 0.1) is 0 Å². The molecule has 1 aromatic rings. The van der Waals surface area contributed by atoms with Gasteiger partial charge < -0.3 is 0 Å². The summed E-state index contributed by atoms with van der Waals surface area (Å²) in [6.07, 6.45) is 0. The normalized spacial score (nSPS) is 9.67. The third kappa shape index (κ3) is 2.65. The van der Waals surface area contributed by atoms with E-state index in [0.29, 0.717) is 0 Å². The van der Waals surface area contributed by atoms with Gasteiger partial charge in [-0.1, -0.05) is 0 Å². The predicted molar refractivity (Wildman–Crippen MR) is 40.7 cm³/mol. The van der Waals surface area contributed by atoms with Crippen LogP contribution in [-0.2, 0) is 0 Å². The number of benzene rings is 1. The van der Waals surface area contributed by atoms with Crippen molar-refractivity contribution in [1.82, 2.24) is 0 Å². The molecule has 0 amide bonds. The third-order valence-electron chi connectivity index (χ3n) is 1.18. The van der Waals surface area contributed by atoms with Gasteiger partial charge in [-0.3, -0.25) is 0 Å². The molecule has 0 atom stereocenters. The molecule has 0 N–H and O–H groups in total. The molecule has 2 heteroatoms. The summed E-state index contributed by atoms with van der Waals surface area (Å²) in [6, 6.07) is 10.8. The second kappa shape index (κ2) is 4.05. The minimum absolute atomic E-state index is 0.992. The molecular weight excluding hydrogens is 493 g/mol. The molecule has 1 rings (SSSR count). The van der Waals surface area contributed by atoms with Crippen molar-refractivity contribution in [3.05, 3.63) is 35.9 Å². The van der Waals surface area contributed by atoms with Crippen molar-refractivity contribution in [2.75, 3.05) is 0 Å². The van der Waals surface area contributed by atoms with Crippen LogP contribution in [-0.4, -0.2) is 51.5 Å². The Morgan fingerprint density at radius 1 is 1.00 bits per heavy atom. The van der Waals surface area contributed by atoms with Crippen LogP contribution in [0, 0.1) is 0 Å². The fraction of sp³-hybridized carbons (Fsp3) is 0.143. The summed E-state index contributed by atoms with van der Waals surface area (Å²) in [5.74, 6) is 0. The molecule has 1 aromatic carbocycles. The zero-order valence-electron chi connectivity index (χ0n) is 5.12. The Kier molecular flexibility index (Phi) is 3.67. The van der Waals surface area contributed by atoms with E-state index in [-0.39, 0.29) is 0 Å². The average Bonchev–Trinajstić information content (AvgIpc) is 1.90. The van der Waals surface area contributed by atoms with Crippen LogP contribution in [0.4, 0.5) is 0 Å². The van der Waals surface area contributed by atoms with E-state index < -0.39 is 0 Å². The second-order valence-electron chi connectivity index (χ2n) is 1.94. The topological polar surface area (TPSA) is 0 Å². The molecule has 0 saturated heterocycles. The molecule has 0 radical (unpaired) electrons. The van der Waals surface area contributed by atoms with Crippen molar-refractivity contribution < 1.29 is 0 Å². The van der Waals surface area contributed by atoms with E-state index in [1.54, 1.807) is 5.56 Å². The summed E-state index contributed by atoms with van der Waals surface area (Å²) in [4.78, 5) is 0. The van der Waals surface area contributed by atoms with Gasteiger partial charge >= 0.3 is 88.5 Å². The summed E-state index contributed by atoms with van der Waals surface area (Å²) in [5.41, 5.74) is 1.56. The van der Waals surface area contributed by atoms with E-state index in [1.807, 2.05) is 0 Å². The Morgan fingerprint density at radius 3 is 1.89 bits per heavy atom. The van der Waals surface area contributed by atoms with Crippen LogP contribution in [0.1, 0.15) is 6.60 Å². The zero-order chi connectivity index (χ0) is 6.69. The number of hydrogen-bond acceptors (Lipinski definition) is 0. The van der Waals surface area contributed by atoms with Crippen molar-refractivity contribution in [3.8, 4) is 0 Å². The summed E-state index contributed by atoms with van der Waals surface area (Å²) in [6.45, 7) is 0. The van der Waals surface area contributed by atoms with Crippen molar-refractivity contribution in [1.29, 1.82) is 0 Å². The number of rotatable bonds is 1. The molecule has 0 spiro atoms. The first kappa shape index (κ1) is 8.16. The van der Waals surface area contributed by atoms with Crippen molar-refractivity contribution in [2.24, 2.45) is 0 Å².